The zero-order valence-electron chi connectivity index (χ0n) is 25.0. The Morgan fingerprint density at radius 2 is 1.84 bits per heavy atom. The molecular formula is C30H35Cl2FN4O5S. The van der Waals surface area contributed by atoms with E-state index >= 15 is 0 Å². The fourth-order valence-corrected chi connectivity index (χ4v) is 6.81. The van der Waals surface area contributed by atoms with E-state index in [9.17, 15) is 14.0 Å². The second-order valence-electron chi connectivity index (χ2n) is 12.6. The molecule has 3 heterocycles. The highest BCUT2D eigenvalue weighted by atomic mass is 35.5. The summed E-state index contributed by atoms with van der Waals surface area (Å²) in [4.78, 5) is 33.6. The predicted molar refractivity (Wildman–Crippen MR) is 167 cm³/mol. The first-order valence-corrected chi connectivity index (χ1v) is 15.6. The second kappa shape index (κ2) is 11.9. The maximum Gasteiger partial charge on any atom is 0.413 e. The Morgan fingerprint density at radius 3 is 2.53 bits per heavy atom. The number of aromatic nitrogens is 1. The molecule has 0 bridgehead atoms. The molecule has 3 aromatic rings. The number of benzene rings is 2. The van der Waals surface area contributed by atoms with Gasteiger partial charge in [0.25, 0.3) is 0 Å². The lowest BCUT2D eigenvalue weighted by molar-refractivity contribution is -0.00194. The zero-order valence-corrected chi connectivity index (χ0v) is 27.3. The Labute approximate surface area is 264 Å². The van der Waals surface area contributed by atoms with Crippen molar-refractivity contribution < 1.29 is 28.2 Å². The van der Waals surface area contributed by atoms with E-state index in [1.165, 1.54) is 6.07 Å². The van der Waals surface area contributed by atoms with E-state index in [1.54, 1.807) is 31.7 Å². The van der Waals surface area contributed by atoms with Crippen LogP contribution in [0.4, 0.5) is 19.1 Å². The topological polar surface area (TPSA) is 93.2 Å². The van der Waals surface area contributed by atoms with Crippen molar-refractivity contribution in [2.45, 2.75) is 71.8 Å². The molecule has 0 unspecified atom stereocenters. The highest BCUT2D eigenvalue weighted by Gasteiger charge is 2.34. The Hall–Kier alpha value is -2.86. The number of halogens is 3. The Morgan fingerprint density at radius 1 is 1.12 bits per heavy atom. The minimum Gasteiger partial charge on any atom is -0.492 e. The molecule has 1 saturated heterocycles. The molecule has 13 heteroatoms. The summed E-state index contributed by atoms with van der Waals surface area (Å²) in [5.74, 6) is 0.0219. The first-order chi connectivity index (χ1) is 20.1. The van der Waals surface area contributed by atoms with Gasteiger partial charge in [0, 0.05) is 48.9 Å². The fraction of sp³-hybridized carbons (Fsp3) is 0.500. The van der Waals surface area contributed by atoms with Gasteiger partial charge < -0.3 is 19.1 Å². The Balaban J connectivity index is 1.43. The van der Waals surface area contributed by atoms with Gasteiger partial charge in [-0.05, 0) is 66.2 Å². The molecule has 1 atom stereocenters. The molecule has 9 nitrogen and oxygen atoms in total. The van der Waals surface area contributed by atoms with Crippen LogP contribution >= 0.6 is 34.5 Å². The number of anilines is 1. The van der Waals surface area contributed by atoms with Crippen LogP contribution in [0, 0.1) is 5.82 Å². The summed E-state index contributed by atoms with van der Waals surface area (Å²) < 4.78 is 32.3. The molecule has 232 valence electrons. The molecule has 0 spiro atoms. The first kappa shape index (κ1) is 31.6. The number of thiazole rings is 1. The fourth-order valence-electron chi connectivity index (χ4n) is 5.18. The molecule has 2 aromatic carbocycles. The lowest BCUT2D eigenvalue weighted by Gasteiger charge is -2.42. The molecule has 0 saturated carbocycles. The first-order valence-electron chi connectivity index (χ1n) is 14.0. The molecule has 5 rings (SSSR count). The molecule has 1 N–H and O–H groups in total. The number of amides is 2. The quantitative estimate of drug-likeness (QED) is 0.300. The largest absolute Gasteiger partial charge is 0.492 e. The van der Waals surface area contributed by atoms with Crippen molar-refractivity contribution in [2.75, 3.05) is 31.6 Å². The number of carbonyl (C=O) groups is 2. The number of hydrogen-bond acceptors (Lipinski definition) is 8. The Kier molecular flexibility index (Phi) is 8.74. The second-order valence-corrected chi connectivity index (χ2v) is 14.4. The minimum atomic E-state index is -0.704. The Bertz CT molecular complexity index is 1570. The SMILES string of the molecule is CC(C)(C)OC(=O)Nc1nc2c(-c3c(Cl)cc4c(c3Cl)OCC[C@H]3CN(C(=O)OC(C)(C)C)CCN3C4)ccc(F)c2s1. The predicted octanol–water partition coefficient (Wildman–Crippen LogP) is 7.96. The summed E-state index contributed by atoms with van der Waals surface area (Å²) in [5, 5.41) is 3.43. The average molecular weight is 654 g/mol. The van der Waals surface area contributed by atoms with E-state index in [2.05, 4.69) is 15.2 Å². The summed E-state index contributed by atoms with van der Waals surface area (Å²) in [6.45, 7) is 13.4. The summed E-state index contributed by atoms with van der Waals surface area (Å²) in [5.41, 5.74) is 0.838. The maximum atomic E-state index is 14.9. The molecule has 2 aliphatic rings. The van der Waals surface area contributed by atoms with Crippen molar-refractivity contribution in [3.05, 3.63) is 39.6 Å². The molecular weight excluding hydrogens is 618 g/mol. The lowest BCUT2D eigenvalue weighted by Crippen LogP contribution is -2.55. The summed E-state index contributed by atoms with van der Waals surface area (Å²) in [6.07, 6.45) is -0.327. The van der Waals surface area contributed by atoms with Crippen LogP contribution in [-0.2, 0) is 16.0 Å². The molecule has 1 fully saturated rings. The average Bonchev–Trinajstić information content (AvgIpc) is 3.28. The molecule has 1 aromatic heterocycles. The van der Waals surface area contributed by atoms with Gasteiger partial charge in [0.1, 0.15) is 22.8 Å². The van der Waals surface area contributed by atoms with Gasteiger partial charge in [-0.3, -0.25) is 10.2 Å². The third kappa shape index (κ3) is 7.11. The number of nitrogens with one attached hydrogen (secondary N) is 1. The van der Waals surface area contributed by atoms with Crippen LogP contribution in [0.15, 0.2) is 18.2 Å². The van der Waals surface area contributed by atoms with E-state index in [-0.39, 0.29) is 22.0 Å². The van der Waals surface area contributed by atoms with Crippen molar-refractivity contribution in [3.63, 3.8) is 0 Å². The van der Waals surface area contributed by atoms with Crippen molar-refractivity contribution in [3.8, 4) is 16.9 Å². The summed E-state index contributed by atoms with van der Waals surface area (Å²) in [7, 11) is 0. The van der Waals surface area contributed by atoms with Gasteiger partial charge in [-0.1, -0.05) is 34.5 Å². The molecule has 2 aliphatic heterocycles. The number of carbonyl (C=O) groups excluding carboxylic acids is 2. The standard InChI is InChI=1S/C30H35Cl2FN4O5S/c1-29(2,3)41-27(38)35-26-34-23-18(7-8-20(33)25(23)43-26)21-19(31)13-16-14-36-10-11-37(28(39)42-30(4,5)6)15-17(36)9-12-40-24(16)22(21)32/h7-8,13,17H,9-12,14-15H2,1-6H3,(H,34,35,38)/t17-/m0/s1. The number of fused-ring (bicyclic) bond motifs is 3. The van der Waals surface area contributed by atoms with E-state index in [0.717, 1.165) is 16.9 Å². The van der Waals surface area contributed by atoms with Crippen LogP contribution in [0.25, 0.3) is 21.3 Å². The van der Waals surface area contributed by atoms with E-state index in [4.69, 9.17) is 37.4 Å². The smallest absolute Gasteiger partial charge is 0.413 e. The van der Waals surface area contributed by atoms with Crippen LogP contribution in [0.2, 0.25) is 10.0 Å². The van der Waals surface area contributed by atoms with Gasteiger partial charge in [-0.2, -0.15) is 0 Å². The van der Waals surface area contributed by atoms with Crippen LogP contribution < -0.4 is 10.1 Å². The zero-order chi connectivity index (χ0) is 31.3. The van der Waals surface area contributed by atoms with Gasteiger partial charge in [0.2, 0.25) is 0 Å². The summed E-state index contributed by atoms with van der Waals surface area (Å²) >= 11 is 14.8. The van der Waals surface area contributed by atoms with Gasteiger partial charge in [-0.25, -0.2) is 19.0 Å². The third-order valence-electron chi connectivity index (χ3n) is 6.95. The molecule has 2 amide bonds. The molecule has 0 aliphatic carbocycles. The number of nitrogens with zero attached hydrogens (tertiary/aromatic N) is 3. The van der Waals surface area contributed by atoms with Crippen LogP contribution in [0.5, 0.6) is 5.75 Å². The minimum absolute atomic E-state index is 0.0780. The van der Waals surface area contributed by atoms with Crippen molar-refractivity contribution in [2.24, 2.45) is 0 Å². The van der Waals surface area contributed by atoms with Crippen molar-refractivity contribution >= 4 is 62.1 Å². The third-order valence-corrected chi connectivity index (χ3v) is 8.59. The van der Waals surface area contributed by atoms with Crippen molar-refractivity contribution in [1.82, 2.24) is 14.8 Å². The van der Waals surface area contributed by atoms with Crippen LogP contribution in [-0.4, -0.2) is 70.5 Å². The normalized spacial score (nSPS) is 17.8. The van der Waals surface area contributed by atoms with Crippen molar-refractivity contribution in [1.29, 1.82) is 0 Å². The lowest BCUT2D eigenvalue weighted by atomic mass is 9.99. The number of ether oxygens (including phenoxy) is 3. The van der Waals surface area contributed by atoms with Gasteiger partial charge >= 0.3 is 12.2 Å². The highest BCUT2D eigenvalue weighted by molar-refractivity contribution is 7.22. The number of piperazine rings is 1. The highest BCUT2D eigenvalue weighted by Crippen LogP contribution is 2.47. The molecule has 0 radical (unpaired) electrons. The van der Waals surface area contributed by atoms with Crippen LogP contribution in [0.1, 0.15) is 53.5 Å². The monoisotopic (exact) mass is 652 g/mol. The van der Waals surface area contributed by atoms with Gasteiger partial charge in [0.05, 0.1) is 26.9 Å². The van der Waals surface area contributed by atoms with E-state index in [0.29, 0.717) is 71.6 Å². The van der Waals surface area contributed by atoms with E-state index in [1.807, 2.05) is 26.8 Å². The van der Waals surface area contributed by atoms with Crippen LogP contribution in [0.3, 0.4) is 0 Å². The number of hydrogen-bond donors (Lipinski definition) is 1. The maximum absolute atomic E-state index is 14.9. The molecule has 43 heavy (non-hydrogen) atoms. The number of rotatable bonds is 2. The van der Waals surface area contributed by atoms with Gasteiger partial charge in [-0.15, -0.1) is 0 Å². The summed E-state index contributed by atoms with van der Waals surface area (Å²) in [6, 6.07) is 4.80. The van der Waals surface area contributed by atoms with E-state index < -0.39 is 23.1 Å². The van der Waals surface area contributed by atoms with Gasteiger partial charge in [0.15, 0.2) is 5.13 Å².